The Morgan fingerprint density at radius 2 is 1.71 bits per heavy atom. The molecule has 1 heterocycles. The van der Waals surface area contributed by atoms with E-state index in [0.29, 0.717) is 24.7 Å². The molecule has 9 nitrogen and oxygen atoms in total. The lowest BCUT2D eigenvalue weighted by Gasteiger charge is -2.19. The minimum Gasteiger partial charge on any atom is -0.444 e. The Morgan fingerprint density at radius 3 is 2.29 bits per heavy atom. The topological polar surface area (TPSA) is 108 Å². The average molecular weight is 389 g/mol. The third kappa shape index (κ3) is 6.64. The zero-order chi connectivity index (χ0) is 20.9. The second-order valence-electron chi connectivity index (χ2n) is 8.30. The van der Waals surface area contributed by atoms with E-state index in [9.17, 15) is 9.59 Å². The molecule has 0 unspecified atom stereocenters. The summed E-state index contributed by atoms with van der Waals surface area (Å²) in [5, 5.41) is 14.9. The summed E-state index contributed by atoms with van der Waals surface area (Å²) >= 11 is 0. The van der Waals surface area contributed by atoms with Crippen LogP contribution in [-0.2, 0) is 16.1 Å². The molecular formula is C19H27N5O4. The fourth-order valence-electron chi connectivity index (χ4n) is 1.96. The van der Waals surface area contributed by atoms with E-state index in [4.69, 9.17) is 9.47 Å². The van der Waals surface area contributed by atoms with Crippen LogP contribution < -0.4 is 10.1 Å². The molecule has 0 aliphatic carbocycles. The van der Waals surface area contributed by atoms with Gasteiger partial charge in [0.1, 0.15) is 11.4 Å². The maximum Gasteiger partial charge on any atom is 0.407 e. The van der Waals surface area contributed by atoms with Gasteiger partial charge < -0.3 is 14.8 Å². The summed E-state index contributed by atoms with van der Waals surface area (Å²) in [6, 6.07) is 6.88. The third-order valence-corrected chi connectivity index (χ3v) is 3.37. The maximum absolute atomic E-state index is 11.9. The Balaban J connectivity index is 1.89. The molecule has 0 aliphatic rings. The molecule has 1 N–H and O–H groups in total. The zero-order valence-corrected chi connectivity index (χ0v) is 17.1. The van der Waals surface area contributed by atoms with E-state index >= 15 is 0 Å². The first-order valence-electron chi connectivity index (χ1n) is 9.01. The van der Waals surface area contributed by atoms with Crippen molar-refractivity contribution in [1.82, 2.24) is 25.5 Å². The van der Waals surface area contributed by atoms with Gasteiger partial charge in [-0.05, 0) is 71.0 Å². The van der Waals surface area contributed by atoms with Crippen LogP contribution in [0.25, 0.3) is 11.4 Å². The molecule has 0 aliphatic heterocycles. The summed E-state index contributed by atoms with van der Waals surface area (Å²) in [5.74, 6) is 0.588. The summed E-state index contributed by atoms with van der Waals surface area (Å²) in [7, 11) is 0. The second kappa shape index (κ2) is 8.37. The number of nitrogens with one attached hydrogen (secondary N) is 1. The molecule has 0 radical (unpaired) electrons. The molecule has 28 heavy (non-hydrogen) atoms. The molecule has 1 amide bonds. The van der Waals surface area contributed by atoms with Gasteiger partial charge in [-0.3, -0.25) is 4.79 Å². The molecule has 152 valence electrons. The van der Waals surface area contributed by atoms with Crippen LogP contribution in [0.5, 0.6) is 5.75 Å². The van der Waals surface area contributed by atoms with Crippen molar-refractivity contribution in [3.8, 4) is 17.1 Å². The lowest BCUT2D eigenvalue weighted by molar-refractivity contribution is -0.143. The van der Waals surface area contributed by atoms with Crippen LogP contribution in [0.15, 0.2) is 24.3 Å². The van der Waals surface area contributed by atoms with Gasteiger partial charge in [-0.25, -0.2) is 4.79 Å². The van der Waals surface area contributed by atoms with Crippen molar-refractivity contribution in [2.45, 2.75) is 53.7 Å². The van der Waals surface area contributed by atoms with Gasteiger partial charge in [-0.1, -0.05) is 0 Å². The van der Waals surface area contributed by atoms with E-state index in [-0.39, 0.29) is 5.97 Å². The van der Waals surface area contributed by atoms with Crippen LogP contribution >= 0.6 is 0 Å². The number of rotatable bonds is 5. The summed E-state index contributed by atoms with van der Waals surface area (Å²) in [5.41, 5.74) is -0.381. The molecule has 0 saturated heterocycles. The number of hydrogen-bond acceptors (Lipinski definition) is 7. The van der Waals surface area contributed by atoms with Gasteiger partial charge in [-0.2, -0.15) is 4.80 Å². The number of carbonyl (C=O) groups is 2. The normalized spacial score (nSPS) is 11.8. The highest BCUT2D eigenvalue weighted by Gasteiger charge is 2.23. The van der Waals surface area contributed by atoms with Crippen LogP contribution in [0.4, 0.5) is 4.79 Å². The van der Waals surface area contributed by atoms with Gasteiger partial charge in [0, 0.05) is 12.1 Å². The number of amides is 1. The zero-order valence-electron chi connectivity index (χ0n) is 17.1. The molecule has 0 fully saturated rings. The largest absolute Gasteiger partial charge is 0.444 e. The molecule has 0 spiro atoms. The number of tetrazole rings is 1. The smallest absolute Gasteiger partial charge is 0.407 e. The Morgan fingerprint density at radius 1 is 1.07 bits per heavy atom. The second-order valence-corrected chi connectivity index (χ2v) is 8.30. The molecule has 2 aromatic rings. The van der Waals surface area contributed by atoms with Crippen molar-refractivity contribution < 1.29 is 19.1 Å². The fraction of sp³-hybridized carbons (Fsp3) is 0.526. The molecule has 1 aromatic heterocycles. The lowest BCUT2D eigenvalue weighted by atomic mass is 9.97. The molecular weight excluding hydrogens is 362 g/mol. The quantitative estimate of drug-likeness (QED) is 0.619. The lowest BCUT2D eigenvalue weighted by Crippen LogP contribution is -2.34. The van der Waals surface area contributed by atoms with E-state index in [1.165, 1.54) is 4.80 Å². The van der Waals surface area contributed by atoms with Gasteiger partial charge in [-0.15, -0.1) is 10.2 Å². The summed E-state index contributed by atoms with van der Waals surface area (Å²) < 4.78 is 10.5. The highest BCUT2D eigenvalue weighted by molar-refractivity contribution is 5.78. The van der Waals surface area contributed by atoms with Gasteiger partial charge in [0.15, 0.2) is 0 Å². The SMILES string of the molecule is CC(C)(C)OC(=O)NCCn1nnc(-c2ccc(OC(=O)C(C)(C)C)cc2)n1. The molecule has 0 saturated carbocycles. The van der Waals surface area contributed by atoms with Gasteiger partial charge in [0.05, 0.1) is 12.0 Å². The van der Waals surface area contributed by atoms with E-state index in [2.05, 4.69) is 20.7 Å². The first-order chi connectivity index (χ1) is 12.9. The first-order valence-corrected chi connectivity index (χ1v) is 9.01. The Labute approximate surface area is 164 Å². The predicted octanol–water partition coefficient (Wildman–Crippen LogP) is 2.82. The number of ether oxygens (including phenoxy) is 2. The highest BCUT2D eigenvalue weighted by Crippen LogP contribution is 2.22. The average Bonchev–Trinajstić information content (AvgIpc) is 3.02. The van der Waals surface area contributed by atoms with Gasteiger partial charge in [0.2, 0.25) is 5.82 Å². The van der Waals surface area contributed by atoms with Gasteiger partial charge in [0.25, 0.3) is 0 Å². The third-order valence-electron chi connectivity index (χ3n) is 3.37. The fourth-order valence-corrected chi connectivity index (χ4v) is 1.96. The molecule has 9 heteroatoms. The number of aromatic nitrogens is 4. The molecule has 1 aromatic carbocycles. The van der Waals surface area contributed by atoms with Gasteiger partial charge >= 0.3 is 12.1 Å². The number of esters is 1. The Kier molecular flexibility index (Phi) is 6.37. The van der Waals surface area contributed by atoms with Crippen LogP contribution in [0.1, 0.15) is 41.5 Å². The van der Waals surface area contributed by atoms with Crippen LogP contribution in [0.2, 0.25) is 0 Å². The van der Waals surface area contributed by atoms with Crippen LogP contribution in [0.3, 0.4) is 0 Å². The Bertz CT molecular complexity index is 816. The summed E-state index contributed by atoms with van der Waals surface area (Å²) in [4.78, 5) is 24.9. The van der Waals surface area contributed by atoms with Crippen molar-refractivity contribution in [1.29, 1.82) is 0 Å². The van der Waals surface area contributed by atoms with E-state index in [1.54, 1.807) is 65.8 Å². The first kappa shape index (κ1) is 21.3. The Hall–Kier alpha value is -2.97. The standard InChI is InChI=1S/C19H27N5O4/c1-18(2,3)16(25)27-14-9-7-13(8-10-14)15-21-23-24(22-15)12-11-20-17(26)28-19(4,5)6/h7-10H,11-12H2,1-6H3,(H,20,26). The maximum atomic E-state index is 11.9. The van der Waals surface area contributed by atoms with Crippen molar-refractivity contribution in [3.63, 3.8) is 0 Å². The minimum absolute atomic E-state index is 0.304. The number of nitrogens with zero attached hydrogens (tertiary/aromatic N) is 4. The van der Waals surface area contributed by atoms with Crippen LogP contribution in [-0.4, -0.2) is 44.4 Å². The van der Waals surface area contributed by atoms with E-state index in [1.807, 2.05) is 0 Å². The number of hydrogen-bond donors (Lipinski definition) is 1. The van der Waals surface area contributed by atoms with Crippen molar-refractivity contribution in [2.24, 2.45) is 5.41 Å². The van der Waals surface area contributed by atoms with E-state index < -0.39 is 17.1 Å². The predicted molar refractivity (Wildman–Crippen MR) is 103 cm³/mol. The summed E-state index contributed by atoms with van der Waals surface area (Å²) in [6.07, 6.45) is -0.492. The van der Waals surface area contributed by atoms with E-state index in [0.717, 1.165) is 5.56 Å². The highest BCUT2D eigenvalue weighted by atomic mass is 16.6. The molecule has 0 atom stereocenters. The van der Waals surface area contributed by atoms with Crippen LogP contribution in [0, 0.1) is 5.41 Å². The number of alkyl carbamates (subject to hydrolysis) is 1. The summed E-state index contributed by atoms with van der Waals surface area (Å²) in [6.45, 7) is 11.4. The number of benzene rings is 1. The van der Waals surface area contributed by atoms with Crippen molar-refractivity contribution >= 4 is 12.1 Å². The number of carbonyl (C=O) groups excluding carboxylic acids is 2. The monoisotopic (exact) mass is 389 g/mol. The molecule has 0 bridgehead atoms. The van der Waals surface area contributed by atoms with Crippen molar-refractivity contribution in [3.05, 3.63) is 24.3 Å². The van der Waals surface area contributed by atoms with Crippen molar-refractivity contribution in [2.75, 3.05) is 6.54 Å². The minimum atomic E-state index is -0.573. The molecule has 2 rings (SSSR count).